The van der Waals surface area contributed by atoms with Crippen molar-refractivity contribution in [3.63, 3.8) is 0 Å². The van der Waals surface area contributed by atoms with Gasteiger partial charge in [0.2, 0.25) is 5.82 Å². The van der Waals surface area contributed by atoms with Crippen LogP contribution in [-0.2, 0) is 7.05 Å². The first-order valence-corrected chi connectivity index (χ1v) is 10.4. The molecule has 2 aromatic carbocycles. The van der Waals surface area contributed by atoms with Crippen molar-refractivity contribution in [1.29, 1.82) is 0 Å². The first-order valence-electron chi connectivity index (χ1n) is 11.9. The summed E-state index contributed by atoms with van der Waals surface area (Å²) in [5.41, 5.74) is 2.04. The Balaban J connectivity index is 1.58. The van der Waals surface area contributed by atoms with Crippen molar-refractivity contribution in [1.82, 2.24) is 29.2 Å². The third kappa shape index (κ3) is 2.97. The molecule has 2 aromatic heterocycles. The van der Waals surface area contributed by atoms with E-state index in [1.54, 1.807) is 34.4 Å². The van der Waals surface area contributed by atoms with Crippen LogP contribution in [0.5, 0.6) is 5.75 Å². The number of alkyl halides is 2. The number of amides is 1. The van der Waals surface area contributed by atoms with Crippen molar-refractivity contribution in [2.45, 2.75) is 25.1 Å². The number of rotatable bonds is 2. The monoisotopic (exact) mass is 463 g/mol. The van der Waals surface area contributed by atoms with Crippen molar-refractivity contribution in [2.75, 3.05) is 6.98 Å². The van der Waals surface area contributed by atoms with Crippen molar-refractivity contribution in [3.05, 3.63) is 71.1 Å². The van der Waals surface area contributed by atoms with Crippen LogP contribution >= 0.6 is 0 Å². The summed E-state index contributed by atoms with van der Waals surface area (Å²) in [5, 5.41) is 7.75. The molecule has 34 heavy (non-hydrogen) atoms. The molecule has 2 aliphatic heterocycles. The molecule has 0 radical (unpaired) electrons. The molecule has 4 aromatic rings. The van der Waals surface area contributed by atoms with Crippen molar-refractivity contribution < 1.29 is 22.4 Å². The fourth-order valence-electron chi connectivity index (χ4n) is 4.71. The highest BCUT2D eigenvalue weighted by Crippen LogP contribution is 2.49. The quantitative estimate of drug-likeness (QED) is 0.427. The van der Waals surface area contributed by atoms with Gasteiger partial charge in [-0.3, -0.25) is 4.79 Å². The Morgan fingerprint density at radius 2 is 2.12 bits per heavy atom. The molecular formula is C24H18F2N6O2. The van der Waals surface area contributed by atoms with Gasteiger partial charge in [-0.15, -0.1) is 10.2 Å². The molecule has 2 aliphatic rings. The zero-order valence-corrected chi connectivity index (χ0v) is 17.7. The molecule has 6 rings (SSSR count). The summed E-state index contributed by atoms with van der Waals surface area (Å²) in [6.07, 6.45) is 1.68. The molecule has 0 saturated carbocycles. The zero-order chi connectivity index (χ0) is 26.1. The van der Waals surface area contributed by atoms with E-state index in [1.165, 1.54) is 24.5 Å². The van der Waals surface area contributed by atoms with Gasteiger partial charge in [-0.05, 0) is 36.3 Å². The second kappa shape index (κ2) is 7.38. The third-order valence-corrected chi connectivity index (χ3v) is 6.18. The number of halogens is 2. The highest BCUT2D eigenvalue weighted by Gasteiger charge is 2.44. The number of nitrogens with zero attached hydrogens (tertiary/aromatic N) is 6. The van der Waals surface area contributed by atoms with Gasteiger partial charge in [-0.2, -0.15) is 8.78 Å². The van der Waals surface area contributed by atoms with E-state index in [4.69, 9.17) is 8.85 Å². The molecular weight excluding hydrogens is 442 g/mol. The van der Waals surface area contributed by atoms with Gasteiger partial charge in [-0.1, -0.05) is 12.0 Å². The SMILES string of the molecule is [2H]C([2H])([2H])N1C(=O)c2cccc(OC(F)F)c2[C@H]2C[C@@H]1c1nc3ccc(C#Cc4nncn4C)cc3n12. The number of hydrogen-bond donors (Lipinski definition) is 0. The van der Waals surface area contributed by atoms with Crippen molar-refractivity contribution in [3.8, 4) is 17.6 Å². The largest absolute Gasteiger partial charge is 0.434 e. The summed E-state index contributed by atoms with van der Waals surface area (Å²) < 4.78 is 59.2. The van der Waals surface area contributed by atoms with Crippen LogP contribution in [0.25, 0.3) is 11.0 Å². The number of aromatic nitrogens is 5. The topological polar surface area (TPSA) is 78.1 Å². The van der Waals surface area contributed by atoms with E-state index >= 15 is 0 Å². The van der Waals surface area contributed by atoms with Crippen molar-refractivity contribution in [2.24, 2.45) is 7.05 Å². The van der Waals surface area contributed by atoms with E-state index in [9.17, 15) is 13.6 Å². The van der Waals surface area contributed by atoms with E-state index in [0.717, 1.165) is 4.90 Å². The summed E-state index contributed by atoms with van der Waals surface area (Å²) in [4.78, 5) is 18.9. The number of benzene rings is 2. The molecule has 0 saturated heterocycles. The van der Waals surface area contributed by atoms with Crippen LogP contribution < -0.4 is 4.74 Å². The van der Waals surface area contributed by atoms with Crippen LogP contribution in [-0.4, -0.2) is 48.7 Å². The lowest BCUT2D eigenvalue weighted by molar-refractivity contribution is -0.0507. The summed E-state index contributed by atoms with van der Waals surface area (Å²) >= 11 is 0. The highest BCUT2D eigenvalue weighted by atomic mass is 19.3. The Bertz CT molecular complexity index is 1630. The van der Waals surface area contributed by atoms with Crippen molar-refractivity contribution >= 4 is 16.9 Å². The fraction of sp³-hybridized carbons (Fsp3) is 0.250. The first kappa shape index (κ1) is 17.2. The average Bonchev–Trinajstić information content (AvgIpc) is 3.48. The van der Waals surface area contributed by atoms with Crippen LogP contribution in [0.4, 0.5) is 8.78 Å². The van der Waals surface area contributed by atoms with Crippen LogP contribution in [0.3, 0.4) is 0 Å². The lowest BCUT2D eigenvalue weighted by atomic mass is 9.97. The van der Waals surface area contributed by atoms with E-state index in [-0.39, 0.29) is 23.3 Å². The molecule has 2 atom stereocenters. The molecule has 10 heteroatoms. The Labute approximate surface area is 197 Å². The van der Waals surface area contributed by atoms with Gasteiger partial charge in [0.1, 0.15) is 17.9 Å². The number of aryl methyl sites for hydroxylation is 1. The smallest absolute Gasteiger partial charge is 0.387 e. The normalized spacial score (nSPS) is 20.2. The number of ether oxygens (including phenoxy) is 1. The van der Waals surface area contributed by atoms with Crippen LogP contribution in [0.15, 0.2) is 42.7 Å². The van der Waals surface area contributed by atoms with E-state index in [0.29, 0.717) is 28.2 Å². The van der Waals surface area contributed by atoms with E-state index in [1.807, 2.05) is 0 Å². The molecule has 0 unspecified atom stereocenters. The van der Waals surface area contributed by atoms with Gasteiger partial charge in [0.15, 0.2) is 0 Å². The lowest BCUT2D eigenvalue weighted by Gasteiger charge is -2.24. The van der Waals surface area contributed by atoms with E-state index in [2.05, 4.69) is 27.0 Å². The third-order valence-electron chi connectivity index (χ3n) is 6.18. The number of carbonyl (C=O) groups excluding carboxylic acids is 1. The first-order chi connectivity index (χ1) is 17.6. The summed E-state index contributed by atoms with van der Waals surface area (Å²) in [5.74, 6) is 5.86. The van der Waals surface area contributed by atoms with E-state index < -0.39 is 31.6 Å². The van der Waals surface area contributed by atoms with Gasteiger partial charge >= 0.3 is 6.61 Å². The minimum atomic E-state index is -3.12. The maximum Gasteiger partial charge on any atom is 0.387 e. The molecule has 0 fully saturated rings. The minimum absolute atomic E-state index is 0.00695. The number of carbonyl (C=O) groups is 1. The Kier molecular flexibility index (Phi) is 3.74. The zero-order valence-electron chi connectivity index (χ0n) is 20.7. The summed E-state index contributed by atoms with van der Waals surface area (Å²) in [7, 11) is 1.77. The maximum absolute atomic E-state index is 13.5. The summed E-state index contributed by atoms with van der Waals surface area (Å²) in [6, 6.07) is 7.95. The molecule has 0 spiro atoms. The van der Waals surface area contributed by atoms with Gasteiger partial charge in [0.05, 0.1) is 23.1 Å². The Morgan fingerprint density at radius 1 is 1.24 bits per heavy atom. The molecule has 0 N–H and O–H groups in total. The molecule has 170 valence electrons. The van der Waals surface area contributed by atoms with Crippen LogP contribution in [0, 0.1) is 11.8 Å². The summed E-state index contributed by atoms with van der Waals surface area (Å²) in [6.45, 7) is -5.91. The second-order valence-corrected chi connectivity index (χ2v) is 8.10. The number of fused-ring (bicyclic) bond motifs is 9. The van der Waals surface area contributed by atoms with Gasteiger partial charge in [-0.25, -0.2) is 4.98 Å². The second-order valence-electron chi connectivity index (χ2n) is 8.10. The molecule has 8 nitrogen and oxygen atoms in total. The van der Waals surface area contributed by atoms with Crippen LogP contribution in [0.1, 0.15) is 55.8 Å². The number of imidazole rings is 1. The minimum Gasteiger partial charge on any atom is -0.434 e. The molecule has 0 aliphatic carbocycles. The Morgan fingerprint density at radius 3 is 2.88 bits per heavy atom. The average molecular weight is 463 g/mol. The molecule has 4 heterocycles. The van der Waals surface area contributed by atoms with Gasteiger partial charge in [0.25, 0.3) is 5.91 Å². The lowest BCUT2D eigenvalue weighted by Crippen LogP contribution is -2.30. The Hall–Kier alpha value is -4.26. The van der Waals surface area contributed by atoms with Gasteiger partial charge in [0, 0.05) is 41.2 Å². The maximum atomic E-state index is 13.5. The molecule has 1 amide bonds. The van der Waals surface area contributed by atoms with Crippen LogP contribution in [0.2, 0.25) is 0 Å². The predicted molar refractivity (Wildman–Crippen MR) is 117 cm³/mol. The fourth-order valence-corrected chi connectivity index (χ4v) is 4.71. The highest BCUT2D eigenvalue weighted by molar-refractivity contribution is 5.97. The van der Waals surface area contributed by atoms with Gasteiger partial charge < -0.3 is 18.8 Å². The molecule has 2 bridgehead atoms. The standard InChI is InChI=1S/C24H18F2N6O2/c1-30-12-27-29-20(30)9-7-13-6-8-15-16(10-13)32-17-11-18(22(32)28-15)31(2)23(33)14-4-3-5-19(21(14)17)34-24(25)26/h3-6,8,10,12,17-18,24H,11H2,1-2H3/t17-,18-/m1/s1/i2D3. The number of hydrogen-bond acceptors (Lipinski definition) is 5. The predicted octanol–water partition coefficient (Wildman–Crippen LogP) is 3.29.